The molecule has 3 fully saturated rings. The van der Waals surface area contributed by atoms with E-state index >= 15 is 0 Å². The number of aromatic nitrogens is 1. The lowest BCUT2D eigenvalue weighted by Crippen LogP contribution is -2.54. The highest BCUT2D eigenvalue weighted by molar-refractivity contribution is 5.91. The first-order valence-electron chi connectivity index (χ1n) is 11.3. The fraction of sp³-hybridized carbons (Fsp3) is 0.615. The van der Waals surface area contributed by atoms with E-state index in [1.165, 1.54) is 5.57 Å². The van der Waals surface area contributed by atoms with Crippen molar-refractivity contribution in [2.75, 3.05) is 0 Å². The van der Waals surface area contributed by atoms with E-state index in [1.807, 2.05) is 18.2 Å². The van der Waals surface area contributed by atoms with Crippen molar-refractivity contribution in [1.82, 2.24) is 4.98 Å². The van der Waals surface area contributed by atoms with Gasteiger partial charge in [-0.3, -0.25) is 9.78 Å². The number of fused-ring (bicyclic) bond motifs is 5. The first-order chi connectivity index (χ1) is 13.9. The van der Waals surface area contributed by atoms with Crippen LogP contribution in [0.25, 0.3) is 0 Å². The SMILES string of the molecule is C[C@H]1CC2=CC(=O)CC[C@@H]2[C@@H]2CC[C@@]3(C)[C@H](CCC3(O)C#Cc3cccnc3)[C@@H]21. The number of carbonyl (C=O) groups is 1. The monoisotopic (exact) mass is 389 g/mol. The van der Waals surface area contributed by atoms with Gasteiger partial charge in [0.2, 0.25) is 0 Å². The summed E-state index contributed by atoms with van der Waals surface area (Å²) in [5.74, 6) is 9.82. The van der Waals surface area contributed by atoms with Crippen molar-refractivity contribution >= 4 is 5.78 Å². The van der Waals surface area contributed by atoms with Gasteiger partial charge in [-0.2, -0.15) is 0 Å². The van der Waals surface area contributed by atoms with Gasteiger partial charge in [-0.15, -0.1) is 0 Å². The smallest absolute Gasteiger partial charge is 0.155 e. The molecule has 1 unspecified atom stereocenters. The molecule has 1 aromatic rings. The maximum absolute atomic E-state index is 12.0. The summed E-state index contributed by atoms with van der Waals surface area (Å²) >= 11 is 0. The highest BCUT2D eigenvalue weighted by Crippen LogP contribution is 2.65. The lowest BCUT2D eigenvalue weighted by Gasteiger charge is -2.56. The number of carbonyl (C=O) groups excluding carboxylic acids is 1. The van der Waals surface area contributed by atoms with Gasteiger partial charge in [-0.25, -0.2) is 0 Å². The molecule has 5 rings (SSSR count). The Balaban J connectivity index is 1.46. The zero-order valence-corrected chi connectivity index (χ0v) is 17.5. The second-order valence-corrected chi connectivity index (χ2v) is 10.2. The Labute approximate surface area is 174 Å². The van der Waals surface area contributed by atoms with Crippen molar-refractivity contribution in [3.63, 3.8) is 0 Å². The molecule has 1 heterocycles. The maximum Gasteiger partial charge on any atom is 0.155 e. The summed E-state index contributed by atoms with van der Waals surface area (Å²) in [7, 11) is 0. The van der Waals surface area contributed by atoms with Crippen molar-refractivity contribution in [2.45, 2.75) is 64.4 Å². The highest BCUT2D eigenvalue weighted by Gasteiger charge is 2.63. The molecule has 1 aromatic heterocycles. The molecular weight excluding hydrogens is 358 g/mol. The van der Waals surface area contributed by atoms with Crippen LogP contribution < -0.4 is 0 Å². The standard InChI is InChI=1S/C26H31NO2/c1-17-14-19-15-20(28)5-6-21(19)22-8-10-25(2)23(24(17)22)9-12-26(25,29)11-7-18-4-3-13-27-16-18/h3-4,13,15-17,21-24,29H,5-6,8-10,12,14H2,1-2H3/t17-,21-,22-,23+,24+,25-,26?/m0/s1. The Kier molecular flexibility index (Phi) is 4.48. The second kappa shape index (κ2) is 6.81. The van der Waals surface area contributed by atoms with Gasteiger partial charge in [0.15, 0.2) is 5.78 Å². The lowest BCUT2D eigenvalue weighted by molar-refractivity contribution is -0.117. The van der Waals surface area contributed by atoms with E-state index in [-0.39, 0.29) is 5.41 Å². The van der Waals surface area contributed by atoms with E-state index in [9.17, 15) is 9.90 Å². The molecule has 0 radical (unpaired) electrons. The third kappa shape index (κ3) is 2.91. The molecular formula is C26H31NO2. The van der Waals surface area contributed by atoms with Crippen LogP contribution in [-0.2, 0) is 4.79 Å². The molecule has 1 N–H and O–H groups in total. The molecule has 4 aliphatic carbocycles. The molecule has 0 amide bonds. The summed E-state index contributed by atoms with van der Waals surface area (Å²) in [5.41, 5.74) is 1.22. The number of pyridine rings is 1. The molecule has 29 heavy (non-hydrogen) atoms. The molecule has 7 atom stereocenters. The molecule has 4 aliphatic rings. The fourth-order valence-corrected chi connectivity index (χ4v) is 7.42. The van der Waals surface area contributed by atoms with Crippen LogP contribution in [0.5, 0.6) is 0 Å². The first kappa shape index (κ1) is 19.1. The number of hydrogen-bond donors (Lipinski definition) is 1. The van der Waals surface area contributed by atoms with Crippen molar-refractivity contribution in [3.05, 3.63) is 41.7 Å². The number of rotatable bonds is 0. The molecule has 3 heteroatoms. The average molecular weight is 390 g/mol. The minimum Gasteiger partial charge on any atom is -0.377 e. The second-order valence-electron chi connectivity index (χ2n) is 10.2. The minimum atomic E-state index is -0.920. The van der Waals surface area contributed by atoms with Gasteiger partial charge in [0.1, 0.15) is 5.60 Å². The highest BCUT2D eigenvalue weighted by atomic mass is 16.3. The number of allylic oxidation sites excluding steroid dienone is 1. The Hall–Kier alpha value is -1.92. The van der Waals surface area contributed by atoms with Gasteiger partial charge in [0, 0.05) is 29.8 Å². The van der Waals surface area contributed by atoms with Crippen LogP contribution in [0.3, 0.4) is 0 Å². The fourth-order valence-electron chi connectivity index (χ4n) is 7.42. The summed E-state index contributed by atoms with van der Waals surface area (Å²) in [4.78, 5) is 16.1. The zero-order chi connectivity index (χ0) is 20.2. The lowest BCUT2D eigenvalue weighted by atomic mass is 9.48. The van der Waals surface area contributed by atoms with Gasteiger partial charge < -0.3 is 5.11 Å². The Morgan fingerprint density at radius 3 is 2.90 bits per heavy atom. The predicted octanol–water partition coefficient (Wildman–Crippen LogP) is 4.55. The van der Waals surface area contributed by atoms with E-state index < -0.39 is 5.60 Å². The van der Waals surface area contributed by atoms with E-state index in [1.54, 1.807) is 12.4 Å². The van der Waals surface area contributed by atoms with Crippen molar-refractivity contribution in [1.29, 1.82) is 0 Å². The van der Waals surface area contributed by atoms with Crippen molar-refractivity contribution in [3.8, 4) is 11.8 Å². The zero-order valence-electron chi connectivity index (χ0n) is 17.5. The van der Waals surface area contributed by atoms with Crippen LogP contribution in [0.15, 0.2) is 36.2 Å². The molecule has 152 valence electrons. The van der Waals surface area contributed by atoms with Crippen molar-refractivity contribution in [2.24, 2.45) is 35.0 Å². The summed E-state index contributed by atoms with van der Waals surface area (Å²) < 4.78 is 0. The average Bonchev–Trinajstić information content (AvgIpc) is 2.98. The van der Waals surface area contributed by atoms with Gasteiger partial charge >= 0.3 is 0 Å². The van der Waals surface area contributed by atoms with Gasteiger partial charge in [0.05, 0.1) is 0 Å². The predicted molar refractivity (Wildman–Crippen MR) is 113 cm³/mol. The number of ketones is 1. The number of aliphatic hydroxyl groups is 1. The normalized spacial score (nSPS) is 43.3. The summed E-state index contributed by atoms with van der Waals surface area (Å²) in [5, 5.41) is 11.7. The van der Waals surface area contributed by atoms with Gasteiger partial charge in [0.25, 0.3) is 0 Å². The van der Waals surface area contributed by atoms with Crippen LogP contribution in [0.1, 0.15) is 64.4 Å². The largest absolute Gasteiger partial charge is 0.377 e. The van der Waals surface area contributed by atoms with Crippen LogP contribution in [0, 0.1) is 46.8 Å². The van der Waals surface area contributed by atoms with E-state index in [4.69, 9.17) is 0 Å². The number of nitrogens with zero attached hydrogens (tertiary/aromatic N) is 1. The third-order valence-electron chi connectivity index (χ3n) is 8.87. The number of hydrogen-bond acceptors (Lipinski definition) is 3. The third-order valence-corrected chi connectivity index (χ3v) is 8.87. The topological polar surface area (TPSA) is 50.2 Å². The summed E-state index contributed by atoms with van der Waals surface area (Å²) in [6, 6.07) is 3.85. The van der Waals surface area contributed by atoms with Gasteiger partial charge in [-0.05, 0) is 86.3 Å². The molecule has 3 saturated carbocycles. The molecule has 0 spiro atoms. The molecule has 0 aromatic carbocycles. The van der Waals surface area contributed by atoms with Crippen LogP contribution in [-0.4, -0.2) is 21.5 Å². The van der Waals surface area contributed by atoms with E-state index in [0.29, 0.717) is 41.8 Å². The van der Waals surface area contributed by atoms with E-state index in [2.05, 4.69) is 30.7 Å². The van der Waals surface area contributed by atoms with Gasteiger partial charge in [-0.1, -0.05) is 31.3 Å². The van der Waals surface area contributed by atoms with Crippen LogP contribution in [0.4, 0.5) is 0 Å². The van der Waals surface area contributed by atoms with E-state index in [0.717, 1.165) is 44.1 Å². The summed E-state index contributed by atoms with van der Waals surface area (Å²) in [6.45, 7) is 4.67. The molecule has 3 nitrogen and oxygen atoms in total. The Bertz CT molecular complexity index is 910. The Morgan fingerprint density at radius 1 is 1.24 bits per heavy atom. The van der Waals surface area contributed by atoms with Crippen LogP contribution >= 0.6 is 0 Å². The first-order valence-corrected chi connectivity index (χ1v) is 11.3. The molecule has 0 aliphatic heterocycles. The summed E-state index contributed by atoms with van der Waals surface area (Å²) in [6.07, 6.45) is 12.3. The van der Waals surface area contributed by atoms with Crippen molar-refractivity contribution < 1.29 is 9.90 Å². The molecule has 0 bridgehead atoms. The quantitative estimate of drug-likeness (QED) is 0.662. The van der Waals surface area contributed by atoms with Crippen LogP contribution in [0.2, 0.25) is 0 Å². The maximum atomic E-state index is 12.0. The minimum absolute atomic E-state index is 0.149. The Morgan fingerprint density at radius 2 is 2.10 bits per heavy atom. The molecule has 0 saturated heterocycles.